The molecule has 3 aromatic rings. The van der Waals surface area contributed by atoms with Gasteiger partial charge in [-0.25, -0.2) is 0 Å². The second-order valence-electron chi connectivity index (χ2n) is 3.66. The van der Waals surface area contributed by atoms with Crippen LogP contribution in [-0.4, -0.2) is 15.1 Å². The van der Waals surface area contributed by atoms with Crippen LogP contribution in [0.4, 0.5) is 5.69 Å². The van der Waals surface area contributed by atoms with Gasteiger partial charge in [0.2, 0.25) is 0 Å². The van der Waals surface area contributed by atoms with Crippen LogP contribution >= 0.6 is 0 Å². The first-order valence-corrected chi connectivity index (χ1v) is 5.37. The zero-order valence-electron chi connectivity index (χ0n) is 9.52. The van der Waals surface area contributed by atoms with E-state index in [4.69, 9.17) is 8.83 Å². The summed E-state index contributed by atoms with van der Waals surface area (Å²) in [5, 5.41) is 18.5. The van der Waals surface area contributed by atoms with Crippen molar-refractivity contribution in [2.75, 3.05) is 0 Å². The summed E-state index contributed by atoms with van der Waals surface area (Å²) in [5.41, 5.74) is 0.190. The number of nitrogens with zero attached hydrogens (tertiary/aromatic N) is 3. The molecule has 0 aliphatic heterocycles. The summed E-state index contributed by atoms with van der Waals surface area (Å²) in [6, 6.07) is 9.52. The van der Waals surface area contributed by atoms with Crippen LogP contribution in [0.5, 0.6) is 0 Å². The van der Waals surface area contributed by atoms with Gasteiger partial charge >= 0.3 is 0 Å². The third-order valence-corrected chi connectivity index (χ3v) is 2.49. The van der Waals surface area contributed by atoms with Crippen molar-refractivity contribution in [3.8, 4) is 23.1 Å². The minimum Gasteiger partial charge on any atom is -0.459 e. The van der Waals surface area contributed by atoms with Crippen LogP contribution in [0, 0.1) is 10.1 Å². The number of nitro benzene ring substituents is 1. The lowest BCUT2D eigenvalue weighted by Crippen LogP contribution is -1.91. The molecule has 0 saturated carbocycles. The van der Waals surface area contributed by atoms with E-state index in [9.17, 15) is 10.1 Å². The number of nitro groups is 1. The molecule has 2 heterocycles. The van der Waals surface area contributed by atoms with Gasteiger partial charge in [-0.1, -0.05) is 12.1 Å². The molecule has 94 valence electrons. The summed E-state index contributed by atoms with van der Waals surface area (Å²) in [7, 11) is 0. The zero-order valence-corrected chi connectivity index (χ0v) is 9.52. The highest BCUT2D eigenvalue weighted by Gasteiger charge is 2.20. The van der Waals surface area contributed by atoms with Crippen molar-refractivity contribution in [3.05, 3.63) is 52.8 Å². The molecule has 2 aromatic heterocycles. The van der Waals surface area contributed by atoms with E-state index in [2.05, 4.69) is 10.2 Å². The Morgan fingerprint density at radius 1 is 1.05 bits per heavy atom. The normalized spacial score (nSPS) is 10.5. The molecule has 0 aliphatic rings. The zero-order chi connectivity index (χ0) is 13.2. The highest BCUT2D eigenvalue weighted by atomic mass is 16.6. The molecule has 0 atom stereocenters. The molecule has 0 unspecified atom stereocenters. The van der Waals surface area contributed by atoms with Gasteiger partial charge in [-0.3, -0.25) is 10.1 Å². The number of hydrogen-bond donors (Lipinski definition) is 0. The van der Waals surface area contributed by atoms with Gasteiger partial charge in [0.15, 0.2) is 5.76 Å². The predicted molar refractivity (Wildman–Crippen MR) is 64.1 cm³/mol. The Kier molecular flexibility index (Phi) is 2.57. The van der Waals surface area contributed by atoms with E-state index >= 15 is 0 Å². The van der Waals surface area contributed by atoms with Crippen LogP contribution in [0.25, 0.3) is 23.1 Å². The largest absolute Gasteiger partial charge is 0.459 e. The molecule has 19 heavy (non-hydrogen) atoms. The Balaban J connectivity index is 2.06. The Hall–Kier alpha value is -2.96. The Labute approximate surface area is 106 Å². The summed E-state index contributed by atoms with van der Waals surface area (Å²) in [6.45, 7) is 0. The van der Waals surface area contributed by atoms with E-state index in [-0.39, 0.29) is 23.0 Å². The van der Waals surface area contributed by atoms with E-state index < -0.39 is 4.92 Å². The van der Waals surface area contributed by atoms with Gasteiger partial charge in [0.25, 0.3) is 17.5 Å². The molecule has 3 rings (SSSR count). The molecular weight excluding hydrogens is 250 g/mol. The van der Waals surface area contributed by atoms with Crippen molar-refractivity contribution in [1.82, 2.24) is 10.2 Å². The molecule has 0 bridgehead atoms. The number of furan rings is 1. The number of hydrogen-bond acceptors (Lipinski definition) is 6. The number of benzene rings is 1. The first-order chi connectivity index (χ1) is 9.25. The number of rotatable bonds is 3. The fraction of sp³-hybridized carbons (Fsp3) is 0. The summed E-state index contributed by atoms with van der Waals surface area (Å²) in [5.74, 6) is 0.675. The predicted octanol–water partition coefficient (Wildman–Crippen LogP) is 2.90. The monoisotopic (exact) mass is 257 g/mol. The molecule has 7 heteroatoms. The van der Waals surface area contributed by atoms with Gasteiger partial charge in [-0.05, 0) is 18.2 Å². The first kappa shape index (κ1) is 11.1. The van der Waals surface area contributed by atoms with E-state index in [0.29, 0.717) is 5.76 Å². The summed E-state index contributed by atoms with van der Waals surface area (Å²) < 4.78 is 10.5. The van der Waals surface area contributed by atoms with Gasteiger partial charge in [0.05, 0.1) is 11.2 Å². The van der Waals surface area contributed by atoms with E-state index in [1.165, 1.54) is 12.3 Å². The lowest BCUT2D eigenvalue weighted by molar-refractivity contribution is -0.384. The van der Waals surface area contributed by atoms with E-state index in [1.807, 2.05) is 0 Å². The van der Waals surface area contributed by atoms with E-state index in [0.717, 1.165) is 0 Å². The quantitative estimate of drug-likeness (QED) is 0.528. The van der Waals surface area contributed by atoms with Crippen LogP contribution in [0.2, 0.25) is 0 Å². The lowest BCUT2D eigenvalue weighted by atomic mass is 10.2. The second kappa shape index (κ2) is 4.37. The average molecular weight is 257 g/mol. The fourth-order valence-electron chi connectivity index (χ4n) is 1.65. The van der Waals surface area contributed by atoms with Crippen LogP contribution in [-0.2, 0) is 0 Å². The maximum absolute atomic E-state index is 10.9. The van der Waals surface area contributed by atoms with Gasteiger partial charge in [0.1, 0.15) is 5.56 Å². The SMILES string of the molecule is O=[N+]([O-])c1ccccc1-c1nnc(-c2ccco2)o1. The van der Waals surface area contributed by atoms with Gasteiger partial charge in [-0.2, -0.15) is 0 Å². The molecule has 0 radical (unpaired) electrons. The van der Waals surface area contributed by atoms with Crippen LogP contribution in [0.3, 0.4) is 0 Å². The van der Waals surface area contributed by atoms with E-state index in [1.54, 1.807) is 30.3 Å². The van der Waals surface area contributed by atoms with Crippen molar-refractivity contribution < 1.29 is 13.8 Å². The summed E-state index contributed by atoms with van der Waals surface area (Å²) in [4.78, 5) is 10.4. The van der Waals surface area contributed by atoms with Crippen LogP contribution < -0.4 is 0 Å². The fourth-order valence-corrected chi connectivity index (χ4v) is 1.65. The Bertz CT molecular complexity index is 718. The maximum Gasteiger partial charge on any atom is 0.283 e. The third kappa shape index (κ3) is 1.97. The number of aromatic nitrogens is 2. The molecule has 0 amide bonds. The van der Waals surface area contributed by atoms with Gasteiger partial charge in [0, 0.05) is 6.07 Å². The lowest BCUT2D eigenvalue weighted by Gasteiger charge is -1.96. The Morgan fingerprint density at radius 3 is 2.58 bits per heavy atom. The van der Waals surface area contributed by atoms with Gasteiger partial charge in [-0.15, -0.1) is 10.2 Å². The topological polar surface area (TPSA) is 95.2 Å². The second-order valence-corrected chi connectivity index (χ2v) is 3.66. The van der Waals surface area contributed by atoms with Crippen LogP contribution in [0.15, 0.2) is 51.5 Å². The average Bonchev–Trinajstić information content (AvgIpc) is 3.09. The van der Waals surface area contributed by atoms with Gasteiger partial charge < -0.3 is 8.83 Å². The minimum absolute atomic E-state index is 0.0821. The molecule has 0 fully saturated rings. The highest BCUT2D eigenvalue weighted by molar-refractivity contribution is 5.66. The first-order valence-electron chi connectivity index (χ1n) is 5.37. The maximum atomic E-state index is 10.9. The number of para-hydroxylation sites is 1. The molecular formula is C12H7N3O4. The molecule has 0 spiro atoms. The third-order valence-electron chi connectivity index (χ3n) is 2.49. The van der Waals surface area contributed by atoms with Crippen molar-refractivity contribution in [2.24, 2.45) is 0 Å². The van der Waals surface area contributed by atoms with Crippen molar-refractivity contribution in [1.29, 1.82) is 0 Å². The minimum atomic E-state index is -0.494. The summed E-state index contributed by atoms with van der Waals surface area (Å²) in [6.07, 6.45) is 1.48. The Morgan fingerprint density at radius 2 is 1.84 bits per heavy atom. The van der Waals surface area contributed by atoms with Crippen LogP contribution in [0.1, 0.15) is 0 Å². The molecule has 7 nitrogen and oxygen atoms in total. The summed E-state index contributed by atoms with van der Waals surface area (Å²) >= 11 is 0. The van der Waals surface area contributed by atoms with Crippen molar-refractivity contribution in [2.45, 2.75) is 0 Å². The standard InChI is InChI=1S/C12H7N3O4/c16-15(17)9-5-2-1-4-8(9)11-13-14-12(19-11)10-6-3-7-18-10/h1-7H. The highest BCUT2D eigenvalue weighted by Crippen LogP contribution is 2.30. The van der Waals surface area contributed by atoms with Crippen molar-refractivity contribution in [3.63, 3.8) is 0 Å². The molecule has 0 N–H and O–H groups in total. The van der Waals surface area contributed by atoms with Crippen molar-refractivity contribution >= 4 is 5.69 Å². The molecule has 0 aliphatic carbocycles. The molecule has 0 saturated heterocycles. The smallest absolute Gasteiger partial charge is 0.283 e. The molecule has 1 aromatic carbocycles.